The van der Waals surface area contributed by atoms with Crippen LogP contribution in [-0.2, 0) is 0 Å². The molecule has 2 rings (SSSR count). The number of allylic oxidation sites excluding steroid dienone is 1. The second kappa shape index (κ2) is 4.45. The lowest BCUT2D eigenvalue weighted by Crippen LogP contribution is -2.15. The van der Waals surface area contributed by atoms with Crippen LogP contribution in [0.4, 0.5) is 0 Å². The first-order valence-corrected chi connectivity index (χ1v) is 6.25. The van der Waals surface area contributed by atoms with Crippen LogP contribution in [0.15, 0.2) is 29.8 Å². The zero-order valence-corrected chi connectivity index (χ0v) is 10.7. The van der Waals surface area contributed by atoms with Crippen molar-refractivity contribution in [1.29, 1.82) is 0 Å². The first-order valence-electron chi connectivity index (χ1n) is 6.25. The van der Waals surface area contributed by atoms with Gasteiger partial charge in [0.1, 0.15) is 0 Å². The number of hydrogen-bond donors (Lipinski definition) is 0. The summed E-state index contributed by atoms with van der Waals surface area (Å²) in [4.78, 5) is 0. The molecule has 1 aromatic carbocycles. The van der Waals surface area contributed by atoms with Crippen molar-refractivity contribution in [3.8, 4) is 0 Å². The summed E-state index contributed by atoms with van der Waals surface area (Å²) in [5.41, 5.74) is 4.44. The predicted molar refractivity (Wildman–Crippen MR) is 71.1 cm³/mol. The highest BCUT2D eigenvalue weighted by Gasteiger charge is 2.24. The number of fused-ring (bicyclic) bond motifs is 1. The van der Waals surface area contributed by atoms with Crippen molar-refractivity contribution in [3.63, 3.8) is 0 Å². The predicted octanol–water partition coefficient (Wildman–Crippen LogP) is 4.71. The first-order chi connectivity index (χ1) is 7.59. The van der Waals surface area contributed by atoms with Crippen LogP contribution in [0.25, 0.3) is 6.08 Å². The topological polar surface area (TPSA) is 0 Å². The van der Waals surface area contributed by atoms with Gasteiger partial charge in [-0.2, -0.15) is 0 Å². The molecule has 0 spiro atoms. The van der Waals surface area contributed by atoms with E-state index in [4.69, 9.17) is 0 Å². The largest absolute Gasteiger partial charge is 0.0661 e. The van der Waals surface area contributed by atoms with Gasteiger partial charge in [-0.05, 0) is 29.4 Å². The third-order valence-electron chi connectivity index (χ3n) is 3.48. The molecule has 1 aromatic rings. The van der Waals surface area contributed by atoms with Crippen LogP contribution in [0.5, 0.6) is 0 Å². The van der Waals surface area contributed by atoms with Gasteiger partial charge < -0.3 is 0 Å². The summed E-state index contributed by atoms with van der Waals surface area (Å²) < 4.78 is 0. The van der Waals surface area contributed by atoms with E-state index in [1.54, 1.807) is 11.5 Å². The Morgan fingerprint density at radius 3 is 2.25 bits per heavy atom. The highest BCUT2D eigenvalue weighted by molar-refractivity contribution is 5.65. The molecule has 0 aliphatic heterocycles. The van der Waals surface area contributed by atoms with Gasteiger partial charge in [-0.25, -0.2) is 0 Å². The van der Waals surface area contributed by atoms with Gasteiger partial charge in [-0.15, -0.1) is 0 Å². The van der Waals surface area contributed by atoms with E-state index >= 15 is 0 Å². The quantitative estimate of drug-likeness (QED) is 0.667. The summed E-state index contributed by atoms with van der Waals surface area (Å²) in [5.74, 6) is 2.90. The van der Waals surface area contributed by atoms with Gasteiger partial charge in [0, 0.05) is 5.92 Å². The molecule has 0 atom stereocenters. The van der Waals surface area contributed by atoms with E-state index in [0.717, 1.165) is 6.42 Å². The van der Waals surface area contributed by atoms with Gasteiger partial charge in [0.25, 0.3) is 0 Å². The van der Waals surface area contributed by atoms with Crippen LogP contribution in [0.2, 0.25) is 0 Å². The van der Waals surface area contributed by atoms with E-state index in [2.05, 4.69) is 58.0 Å². The second-order valence-corrected chi connectivity index (χ2v) is 5.32. The Hall–Kier alpha value is -1.04. The molecule has 1 radical (unpaired) electrons. The molecular weight excluding hydrogens is 192 g/mol. The van der Waals surface area contributed by atoms with Crippen LogP contribution < -0.4 is 0 Å². The molecule has 0 fully saturated rings. The van der Waals surface area contributed by atoms with Crippen LogP contribution >= 0.6 is 0 Å². The highest BCUT2D eigenvalue weighted by Crippen LogP contribution is 2.39. The van der Waals surface area contributed by atoms with E-state index in [0.29, 0.717) is 11.8 Å². The Morgan fingerprint density at radius 2 is 1.62 bits per heavy atom. The molecule has 0 aromatic heterocycles. The molecular formula is C16H21. The minimum Gasteiger partial charge on any atom is -0.0661 e. The Labute approximate surface area is 99.4 Å². The van der Waals surface area contributed by atoms with Gasteiger partial charge >= 0.3 is 0 Å². The smallest absolute Gasteiger partial charge is 0.0122 e. The molecule has 0 N–H and O–H groups in total. The number of hydrogen-bond acceptors (Lipinski definition) is 0. The molecule has 0 nitrogen and oxygen atoms in total. The maximum atomic E-state index is 2.38. The Balaban J connectivity index is 2.45. The maximum absolute atomic E-state index is 2.38. The second-order valence-electron chi connectivity index (χ2n) is 5.32. The molecule has 0 heteroatoms. The lowest BCUT2D eigenvalue weighted by Gasteiger charge is -2.29. The third kappa shape index (κ3) is 2.07. The molecule has 16 heavy (non-hydrogen) atoms. The van der Waals surface area contributed by atoms with Crippen molar-refractivity contribution < 1.29 is 0 Å². The summed E-state index contributed by atoms with van der Waals surface area (Å²) >= 11 is 0. The van der Waals surface area contributed by atoms with Crippen molar-refractivity contribution in [2.75, 3.05) is 0 Å². The fraction of sp³-hybridized carbons (Fsp3) is 0.438. The summed E-state index contributed by atoms with van der Waals surface area (Å²) in [6, 6.07) is 8.78. The van der Waals surface area contributed by atoms with Crippen molar-refractivity contribution >= 4 is 6.08 Å². The monoisotopic (exact) mass is 213 g/mol. The van der Waals surface area contributed by atoms with Gasteiger partial charge in [-0.3, -0.25) is 0 Å². The third-order valence-corrected chi connectivity index (χ3v) is 3.48. The van der Waals surface area contributed by atoms with Crippen molar-refractivity contribution in [2.45, 2.75) is 34.1 Å². The molecule has 1 aliphatic carbocycles. The minimum atomic E-state index is 0.642. The highest BCUT2D eigenvalue weighted by atomic mass is 14.3. The fourth-order valence-corrected chi connectivity index (χ4v) is 2.37. The van der Waals surface area contributed by atoms with E-state index in [-0.39, 0.29) is 0 Å². The molecule has 0 heterocycles. The van der Waals surface area contributed by atoms with Crippen molar-refractivity contribution in [3.05, 3.63) is 46.9 Å². The SMILES string of the molecule is CC(C)[C]1CC(C(C)C)=Cc2ccccc21. The summed E-state index contributed by atoms with van der Waals surface area (Å²) in [6.07, 6.45) is 3.54. The lowest BCUT2D eigenvalue weighted by atomic mass is 9.75. The van der Waals surface area contributed by atoms with E-state index in [1.807, 2.05) is 0 Å². The maximum Gasteiger partial charge on any atom is 0.0122 e. The first kappa shape index (κ1) is 11.4. The Bertz CT molecular complexity index is 396. The standard InChI is InChI=1S/C16H21/c1-11(2)14-9-13-7-5-6-8-15(13)16(10-14)12(3)4/h5-9,11-12H,10H2,1-4H3. The van der Waals surface area contributed by atoms with Crippen LogP contribution in [0, 0.1) is 17.8 Å². The molecule has 0 saturated heterocycles. The fourth-order valence-electron chi connectivity index (χ4n) is 2.37. The van der Waals surface area contributed by atoms with Gasteiger partial charge in [0.05, 0.1) is 0 Å². The average molecular weight is 213 g/mol. The normalized spacial score (nSPS) is 16.5. The Kier molecular flexibility index (Phi) is 3.18. The van der Waals surface area contributed by atoms with Crippen molar-refractivity contribution in [2.24, 2.45) is 11.8 Å². The van der Waals surface area contributed by atoms with Gasteiger partial charge in [-0.1, -0.05) is 63.6 Å². The molecule has 0 unspecified atom stereocenters. The minimum absolute atomic E-state index is 0.642. The number of benzene rings is 1. The van der Waals surface area contributed by atoms with Gasteiger partial charge in [0.15, 0.2) is 0 Å². The summed E-state index contributed by atoms with van der Waals surface area (Å²) in [6.45, 7) is 9.18. The van der Waals surface area contributed by atoms with Gasteiger partial charge in [0.2, 0.25) is 0 Å². The molecule has 0 amide bonds. The zero-order valence-electron chi connectivity index (χ0n) is 10.7. The van der Waals surface area contributed by atoms with Crippen LogP contribution in [-0.4, -0.2) is 0 Å². The Morgan fingerprint density at radius 1 is 0.938 bits per heavy atom. The summed E-state index contributed by atoms with van der Waals surface area (Å²) in [5, 5.41) is 0. The average Bonchev–Trinajstić information content (AvgIpc) is 2.27. The molecule has 1 aliphatic rings. The summed E-state index contributed by atoms with van der Waals surface area (Å²) in [7, 11) is 0. The number of rotatable bonds is 2. The zero-order chi connectivity index (χ0) is 11.7. The molecule has 0 bridgehead atoms. The molecule has 85 valence electrons. The van der Waals surface area contributed by atoms with Crippen LogP contribution in [0.1, 0.15) is 45.2 Å². The van der Waals surface area contributed by atoms with E-state index in [9.17, 15) is 0 Å². The lowest BCUT2D eigenvalue weighted by molar-refractivity contribution is 0.617. The molecule has 0 saturated carbocycles. The van der Waals surface area contributed by atoms with E-state index in [1.165, 1.54) is 11.1 Å². The van der Waals surface area contributed by atoms with E-state index < -0.39 is 0 Å². The van der Waals surface area contributed by atoms with Crippen LogP contribution in [0.3, 0.4) is 0 Å². The van der Waals surface area contributed by atoms with Crippen molar-refractivity contribution in [1.82, 2.24) is 0 Å².